The van der Waals surface area contributed by atoms with Crippen LogP contribution < -0.4 is 29.6 Å². The Morgan fingerprint density at radius 2 is 1.32 bits per heavy atom. The van der Waals surface area contributed by atoms with Gasteiger partial charge in [0.25, 0.3) is 10.1 Å². The number of hydrogen-bond donors (Lipinski definition) is 3. The summed E-state index contributed by atoms with van der Waals surface area (Å²) in [6.45, 7) is -1.52. The average molecular weight is 390 g/mol. The fraction of sp³-hybridized carbons (Fsp3) is 0.333. The Bertz CT molecular complexity index is 654. The second-order valence-corrected chi connectivity index (χ2v) is 5.48. The van der Waals surface area contributed by atoms with Crippen molar-refractivity contribution in [3.63, 3.8) is 0 Å². The molecular formula is C12H15NaO11S. The van der Waals surface area contributed by atoms with Gasteiger partial charge in [0, 0.05) is 0 Å². The summed E-state index contributed by atoms with van der Waals surface area (Å²) in [6.07, 6.45) is 0. The molecule has 3 N–H and O–H groups in total. The number of carbonyl (C=O) groups is 2. The SMILES string of the molecule is O=C(OOCCO)c1cc(C(=O)OOCCO)cc(S(=O)(=O)O)c1.[H-].[Na+]. The molecule has 0 spiro atoms. The van der Waals surface area contributed by atoms with Gasteiger partial charge < -0.3 is 11.6 Å². The smallest absolute Gasteiger partial charge is 1.00 e. The zero-order chi connectivity index (χ0) is 18.2. The molecule has 0 aliphatic heterocycles. The van der Waals surface area contributed by atoms with E-state index in [4.69, 9.17) is 14.8 Å². The molecule has 0 saturated carbocycles. The third-order valence-corrected chi connectivity index (χ3v) is 3.13. The van der Waals surface area contributed by atoms with E-state index in [0.717, 1.165) is 18.2 Å². The van der Waals surface area contributed by atoms with Crippen LogP contribution in [0.2, 0.25) is 0 Å². The van der Waals surface area contributed by atoms with Gasteiger partial charge in [-0.3, -0.25) is 14.3 Å². The van der Waals surface area contributed by atoms with Crippen LogP contribution in [0.15, 0.2) is 23.1 Å². The van der Waals surface area contributed by atoms with E-state index in [0.29, 0.717) is 0 Å². The average Bonchev–Trinajstić information content (AvgIpc) is 2.53. The van der Waals surface area contributed by atoms with Crippen LogP contribution in [0.3, 0.4) is 0 Å². The van der Waals surface area contributed by atoms with Gasteiger partial charge >= 0.3 is 41.5 Å². The topological polar surface area (TPSA) is 166 Å². The van der Waals surface area contributed by atoms with E-state index in [9.17, 15) is 18.0 Å². The molecule has 0 aliphatic rings. The largest absolute Gasteiger partial charge is 1.00 e. The molecule has 1 aromatic carbocycles. The molecule has 0 bridgehead atoms. The van der Waals surface area contributed by atoms with E-state index in [1.165, 1.54) is 0 Å². The van der Waals surface area contributed by atoms with Crippen molar-refractivity contribution in [1.82, 2.24) is 0 Å². The van der Waals surface area contributed by atoms with Gasteiger partial charge in [-0.25, -0.2) is 9.59 Å². The van der Waals surface area contributed by atoms with Crippen molar-refractivity contribution in [2.24, 2.45) is 0 Å². The predicted molar refractivity (Wildman–Crippen MR) is 74.3 cm³/mol. The molecule has 1 rings (SSSR count). The Kier molecular flexibility index (Phi) is 11.0. The van der Waals surface area contributed by atoms with Gasteiger partial charge in [-0.15, -0.1) is 0 Å². The monoisotopic (exact) mass is 390 g/mol. The van der Waals surface area contributed by atoms with Crippen molar-refractivity contribution in [2.75, 3.05) is 26.4 Å². The summed E-state index contributed by atoms with van der Waals surface area (Å²) in [7, 11) is -4.74. The maximum atomic E-state index is 11.7. The summed E-state index contributed by atoms with van der Waals surface area (Å²) in [5.41, 5.74) is -0.894. The minimum absolute atomic E-state index is 0. The van der Waals surface area contributed by atoms with E-state index in [-0.39, 0.29) is 44.2 Å². The third-order valence-electron chi connectivity index (χ3n) is 2.29. The number of aliphatic hydroxyl groups is 2. The second kappa shape index (κ2) is 11.5. The number of aliphatic hydroxyl groups excluding tert-OH is 2. The standard InChI is InChI=1S/C12H14O11S.Na.H/c13-1-3-20-22-11(15)8-5-9(12(16)23-21-4-2-14)7-10(6-8)24(17,18)19;;/h5-7,13-14H,1-4H2,(H,17,18,19);;/q;+1;-1. The molecule has 1 aromatic rings. The molecule has 0 aliphatic carbocycles. The molecule has 0 radical (unpaired) electrons. The normalized spacial score (nSPS) is 10.7. The minimum Gasteiger partial charge on any atom is -1.00 e. The van der Waals surface area contributed by atoms with Crippen LogP contribution >= 0.6 is 0 Å². The summed E-state index contributed by atoms with van der Waals surface area (Å²) < 4.78 is 31.5. The molecule has 0 unspecified atom stereocenters. The molecule has 0 atom stereocenters. The molecular weight excluding hydrogens is 375 g/mol. The fourth-order valence-corrected chi connectivity index (χ4v) is 1.90. The van der Waals surface area contributed by atoms with Crippen molar-refractivity contribution in [3.05, 3.63) is 29.3 Å². The van der Waals surface area contributed by atoms with E-state index < -0.39 is 51.3 Å². The summed E-state index contributed by atoms with van der Waals surface area (Å²) >= 11 is 0. The van der Waals surface area contributed by atoms with Gasteiger partial charge in [-0.05, 0) is 18.2 Å². The zero-order valence-electron chi connectivity index (χ0n) is 14.1. The first-order valence-corrected chi connectivity index (χ1v) is 7.75. The van der Waals surface area contributed by atoms with Gasteiger partial charge in [0.15, 0.2) is 0 Å². The molecule has 0 saturated heterocycles. The minimum atomic E-state index is -4.74. The molecule has 0 aromatic heterocycles. The van der Waals surface area contributed by atoms with Gasteiger partial charge in [0.05, 0.1) is 29.2 Å². The van der Waals surface area contributed by atoms with Crippen LogP contribution in [0.5, 0.6) is 0 Å². The number of benzene rings is 1. The van der Waals surface area contributed by atoms with E-state index in [1.54, 1.807) is 0 Å². The van der Waals surface area contributed by atoms with Gasteiger partial charge in [0.1, 0.15) is 13.2 Å². The molecule has 0 fully saturated rings. The van der Waals surface area contributed by atoms with E-state index in [2.05, 4.69) is 19.6 Å². The van der Waals surface area contributed by atoms with Crippen molar-refractivity contribution in [3.8, 4) is 0 Å². The Morgan fingerprint density at radius 3 is 1.64 bits per heavy atom. The second-order valence-electron chi connectivity index (χ2n) is 4.05. The Hall–Kier alpha value is -1.09. The summed E-state index contributed by atoms with van der Waals surface area (Å²) in [4.78, 5) is 39.9. The maximum Gasteiger partial charge on any atom is 1.00 e. The predicted octanol–water partition coefficient (Wildman–Crippen LogP) is -3.79. The summed E-state index contributed by atoms with van der Waals surface area (Å²) in [5.74, 6) is -2.36. The van der Waals surface area contributed by atoms with Crippen molar-refractivity contribution in [1.29, 1.82) is 0 Å². The van der Waals surface area contributed by atoms with Gasteiger partial charge in [0.2, 0.25) is 0 Å². The molecule has 11 nitrogen and oxygen atoms in total. The molecule has 136 valence electrons. The molecule has 13 heteroatoms. The van der Waals surface area contributed by atoms with E-state index >= 15 is 0 Å². The number of rotatable bonds is 9. The first-order chi connectivity index (χ1) is 11.3. The Labute approximate surface area is 165 Å². The van der Waals surface area contributed by atoms with Gasteiger partial charge in [-0.1, -0.05) is 0 Å². The molecule has 0 heterocycles. The zero-order valence-corrected chi connectivity index (χ0v) is 15.9. The first kappa shape index (κ1) is 23.9. The molecule has 0 amide bonds. The van der Waals surface area contributed by atoms with E-state index in [1.807, 2.05) is 0 Å². The summed E-state index contributed by atoms with van der Waals surface area (Å²) in [6, 6.07) is 2.39. The maximum absolute atomic E-state index is 11.7. The van der Waals surface area contributed by atoms with Crippen molar-refractivity contribution >= 4 is 22.1 Å². The Balaban J connectivity index is 0. The third kappa shape index (κ3) is 8.22. The Morgan fingerprint density at radius 1 is 0.920 bits per heavy atom. The van der Waals surface area contributed by atoms with Crippen LogP contribution in [0.1, 0.15) is 22.1 Å². The molecule has 25 heavy (non-hydrogen) atoms. The fourth-order valence-electron chi connectivity index (χ4n) is 1.34. The number of hydrogen-bond acceptors (Lipinski definition) is 10. The van der Waals surface area contributed by atoms with Crippen molar-refractivity contribution < 1.29 is 83.3 Å². The van der Waals surface area contributed by atoms with Crippen LogP contribution in [0.4, 0.5) is 0 Å². The first-order valence-electron chi connectivity index (χ1n) is 6.31. The van der Waals surface area contributed by atoms with Gasteiger partial charge in [-0.2, -0.15) is 18.2 Å². The van der Waals surface area contributed by atoms with Crippen LogP contribution in [0, 0.1) is 0 Å². The quantitative estimate of drug-likeness (QED) is 0.124. The van der Waals surface area contributed by atoms with Crippen LogP contribution in [0.25, 0.3) is 0 Å². The van der Waals surface area contributed by atoms with Crippen molar-refractivity contribution in [2.45, 2.75) is 4.90 Å². The summed E-state index contributed by atoms with van der Waals surface area (Å²) in [5, 5.41) is 17.0. The van der Waals surface area contributed by atoms with Crippen LogP contribution in [-0.2, 0) is 29.7 Å². The van der Waals surface area contributed by atoms with Crippen LogP contribution in [-0.4, -0.2) is 61.5 Å². The number of carbonyl (C=O) groups excluding carboxylic acids is 2.